The summed E-state index contributed by atoms with van der Waals surface area (Å²) in [7, 11) is 0. The number of nitrogens with zero attached hydrogens (tertiary/aromatic N) is 2. The molecule has 0 radical (unpaired) electrons. The first kappa shape index (κ1) is 21.1. The number of benzene rings is 3. The predicted octanol–water partition coefficient (Wildman–Crippen LogP) is 6.76. The van der Waals surface area contributed by atoms with Gasteiger partial charge in [0.15, 0.2) is 5.01 Å². The first-order valence-corrected chi connectivity index (χ1v) is 11.6. The van der Waals surface area contributed by atoms with Crippen molar-refractivity contribution in [1.29, 1.82) is 0 Å². The van der Waals surface area contributed by atoms with Crippen molar-refractivity contribution in [2.24, 2.45) is 0 Å². The monoisotopic (exact) mass is 446 g/mol. The van der Waals surface area contributed by atoms with Gasteiger partial charge in [-0.3, -0.25) is 5.32 Å². The maximum Gasteiger partial charge on any atom is 0.325 e. The van der Waals surface area contributed by atoms with Gasteiger partial charge in [-0.2, -0.15) is 0 Å². The van der Waals surface area contributed by atoms with E-state index in [1.807, 2.05) is 68.4 Å². The fraction of sp³-hybridized carbons (Fsp3) is 0.125. The fourth-order valence-corrected chi connectivity index (χ4v) is 4.82. The molecule has 7 heteroatoms. The van der Waals surface area contributed by atoms with Gasteiger partial charge >= 0.3 is 6.03 Å². The molecule has 0 aliphatic rings. The zero-order valence-corrected chi connectivity index (χ0v) is 18.9. The summed E-state index contributed by atoms with van der Waals surface area (Å²) in [6.45, 7) is 4.06. The summed E-state index contributed by atoms with van der Waals surface area (Å²) in [5.41, 5.74) is 5.34. The molecule has 0 atom stereocenters. The second kappa shape index (κ2) is 9.76. The number of carbonyl (C=O) groups is 1. The summed E-state index contributed by atoms with van der Waals surface area (Å²) >= 11 is 3.12. The standard InChI is InChI=1S/C24H22N4OS2/c1-16-12-13-19(14-17(16)2)25-23(29)26-24-28-27-22(31-24)20-10-6-7-11-21(20)30-15-18-8-4-3-5-9-18/h3-14H,15H2,1-2H3,(H2,25,26,28,29). The number of hydrogen-bond donors (Lipinski definition) is 2. The van der Waals surface area contributed by atoms with Crippen molar-refractivity contribution < 1.29 is 4.79 Å². The Morgan fingerprint density at radius 2 is 1.68 bits per heavy atom. The molecule has 1 aromatic heterocycles. The molecule has 156 valence electrons. The summed E-state index contributed by atoms with van der Waals surface area (Å²) in [6, 6.07) is 24.0. The van der Waals surface area contributed by atoms with Crippen LogP contribution in [0, 0.1) is 13.8 Å². The van der Waals surface area contributed by atoms with E-state index in [1.165, 1.54) is 22.5 Å². The molecule has 2 amide bonds. The normalized spacial score (nSPS) is 10.6. The maximum atomic E-state index is 12.4. The predicted molar refractivity (Wildman–Crippen MR) is 130 cm³/mol. The molecular weight excluding hydrogens is 424 g/mol. The van der Waals surface area contributed by atoms with Gasteiger partial charge in [-0.05, 0) is 48.7 Å². The van der Waals surface area contributed by atoms with Crippen LogP contribution in [0.25, 0.3) is 10.6 Å². The topological polar surface area (TPSA) is 66.9 Å². The number of carbonyl (C=O) groups excluding carboxylic acids is 1. The average molecular weight is 447 g/mol. The molecule has 0 aliphatic heterocycles. The molecular formula is C24H22N4OS2. The van der Waals surface area contributed by atoms with E-state index in [1.54, 1.807) is 11.8 Å². The van der Waals surface area contributed by atoms with E-state index in [4.69, 9.17) is 0 Å². The van der Waals surface area contributed by atoms with Gasteiger partial charge in [0, 0.05) is 21.9 Å². The zero-order chi connectivity index (χ0) is 21.6. The Morgan fingerprint density at radius 3 is 2.48 bits per heavy atom. The minimum atomic E-state index is -0.335. The summed E-state index contributed by atoms with van der Waals surface area (Å²) in [4.78, 5) is 13.5. The molecule has 0 aliphatic carbocycles. The third-order valence-electron chi connectivity index (χ3n) is 4.76. The number of nitrogens with one attached hydrogen (secondary N) is 2. The Labute approximate surface area is 189 Å². The summed E-state index contributed by atoms with van der Waals surface area (Å²) in [6.07, 6.45) is 0. The van der Waals surface area contributed by atoms with Gasteiger partial charge in [-0.15, -0.1) is 22.0 Å². The van der Waals surface area contributed by atoms with E-state index in [0.29, 0.717) is 5.13 Å². The van der Waals surface area contributed by atoms with E-state index < -0.39 is 0 Å². The highest BCUT2D eigenvalue weighted by atomic mass is 32.2. The van der Waals surface area contributed by atoms with Crippen LogP contribution in [-0.2, 0) is 5.75 Å². The lowest BCUT2D eigenvalue weighted by atomic mass is 10.1. The number of aryl methyl sites for hydroxylation is 2. The molecule has 2 N–H and O–H groups in total. The highest BCUT2D eigenvalue weighted by Crippen LogP contribution is 2.35. The lowest BCUT2D eigenvalue weighted by Crippen LogP contribution is -2.19. The minimum Gasteiger partial charge on any atom is -0.308 e. The number of anilines is 2. The molecule has 1 heterocycles. The van der Waals surface area contributed by atoms with Crippen molar-refractivity contribution in [3.8, 4) is 10.6 Å². The van der Waals surface area contributed by atoms with Crippen molar-refractivity contribution in [2.45, 2.75) is 24.5 Å². The highest BCUT2D eigenvalue weighted by molar-refractivity contribution is 7.98. The van der Waals surface area contributed by atoms with Crippen LogP contribution >= 0.6 is 23.1 Å². The van der Waals surface area contributed by atoms with Crippen LogP contribution in [0.3, 0.4) is 0 Å². The van der Waals surface area contributed by atoms with Crippen LogP contribution in [0.15, 0.2) is 77.7 Å². The van der Waals surface area contributed by atoms with Gasteiger partial charge in [0.1, 0.15) is 0 Å². The molecule has 0 saturated heterocycles. The van der Waals surface area contributed by atoms with Gasteiger partial charge < -0.3 is 5.32 Å². The number of hydrogen-bond acceptors (Lipinski definition) is 5. The van der Waals surface area contributed by atoms with Gasteiger partial charge in [0.05, 0.1) is 0 Å². The van der Waals surface area contributed by atoms with Crippen LogP contribution in [0.5, 0.6) is 0 Å². The number of rotatable bonds is 6. The highest BCUT2D eigenvalue weighted by Gasteiger charge is 2.13. The van der Waals surface area contributed by atoms with Crippen LogP contribution in [0.4, 0.5) is 15.6 Å². The molecule has 0 bridgehead atoms. The lowest BCUT2D eigenvalue weighted by molar-refractivity contribution is 0.262. The molecule has 4 rings (SSSR count). The first-order chi connectivity index (χ1) is 15.1. The summed E-state index contributed by atoms with van der Waals surface area (Å²) < 4.78 is 0. The summed E-state index contributed by atoms with van der Waals surface area (Å²) in [5.74, 6) is 0.875. The quantitative estimate of drug-likeness (QED) is 0.321. The maximum absolute atomic E-state index is 12.4. The van der Waals surface area contributed by atoms with Crippen LogP contribution in [-0.4, -0.2) is 16.2 Å². The van der Waals surface area contributed by atoms with Gasteiger partial charge in [-0.1, -0.05) is 65.9 Å². The van der Waals surface area contributed by atoms with E-state index >= 15 is 0 Å². The molecule has 3 aromatic carbocycles. The lowest BCUT2D eigenvalue weighted by Gasteiger charge is -2.07. The molecule has 0 unspecified atom stereocenters. The van der Waals surface area contributed by atoms with Crippen molar-refractivity contribution in [3.05, 3.63) is 89.5 Å². The van der Waals surface area contributed by atoms with E-state index in [-0.39, 0.29) is 6.03 Å². The second-order valence-electron chi connectivity index (χ2n) is 7.06. The number of aromatic nitrogens is 2. The van der Waals surface area contributed by atoms with E-state index in [0.717, 1.165) is 32.5 Å². The molecule has 5 nitrogen and oxygen atoms in total. The first-order valence-electron chi connectivity index (χ1n) is 9.83. The fourth-order valence-electron chi connectivity index (χ4n) is 2.97. The third kappa shape index (κ3) is 5.51. The molecule has 0 fully saturated rings. The van der Waals surface area contributed by atoms with Gasteiger partial charge in [-0.25, -0.2) is 4.79 Å². The third-order valence-corrected chi connectivity index (χ3v) is 6.78. The van der Waals surface area contributed by atoms with Crippen LogP contribution in [0.1, 0.15) is 16.7 Å². The Kier molecular flexibility index (Phi) is 6.64. The minimum absolute atomic E-state index is 0.335. The number of amides is 2. The van der Waals surface area contributed by atoms with E-state index in [9.17, 15) is 4.79 Å². The smallest absolute Gasteiger partial charge is 0.308 e. The Morgan fingerprint density at radius 1 is 0.903 bits per heavy atom. The van der Waals surface area contributed by atoms with Crippen molar-refractivity contribution in [1.82, 2.24) is 10.2 Å². The molecule has 31 heavy (non-hydrogen) atoms. The molecule has 0 saturated carbocycles. The molecule has 0 spiro atoms. The Bertz CT molecular complexity index is 1190. The zero-order valence-electron chi connectivity index (χ0n) is 17.3. The van der Waals surface area contributed by atoms with E-state index in [2.05, 4.69) is 39.0 Å². The van der Waals surface area contributed by atoms with Crippen LogP contribution in [0.2, 0.25) is 0 Å². The number of urea groups is 1. The molecule has 4 aromatic rings. The van der Waals surface area contributed by atoms with Crippen molar-refractivity contribution in [2.75, 3.05) is 10.6 Å². The second-order valence-corrected chi connectivity index (χ2v) is 9.06. The van der Waals surface area contributed by atoms with Crippen molar-refractivity contribution >= 4 is 39.9 Å². The van der Waals surface area contributed by atoms with Crippen LogP contribution < -0.4 is 10.6 Å². The average Bonchev–Trinajstić information content (AvgIpc) is 3.24. The van der Waals surface area contributed by atoms with Gasteiger partial charge in [0.2, 0.25) is 5.13 Å². The van der Waals surface area contributed by atoms with Gasteiger partial charge in [0.25, 0.3) is 0 Å². The number of thioether (sulfide) groups is 1. The van der Waals surface area contributed by atoms with Crippen molar-refractivity contribution in [3.63, 3.8) is 0 Å². The SMILES string of the molecule is Cc1ccc(NC(=O)Nc2nnc(-c3ccccc3SCc3ccccc3)s2)cc1C. The largest absolute Gasteiger partial charge is 0.325 e. The Hall–Kier alpha value is -3.16. The summed E-state index contributed by atoms with van der Waals surface area (Å²) in [5, 5.41) is 15.3. The Balaban J connectivity index is 1.43.